The van der Waals surface area contributed by atoms with Crippen molar-refractivity contribution in [1.82, 2.24) is 0 Å². The first kappa shape index (κ1) is 20.1. The molecule has 2 rings (SSSR count). The molecule has 0 aliphatic heterocycles. The maximum atomic E-state index is 6.54. The van der Waals surface area contributed by atoms with Gasteiger partial charge in [0.1, 0.15) is 5.75 Å². The van der Waals surface area contributed by atoms with E-state index in [1.807, 2.05) is 6.07 Å². The first-order chi connectivity index (χ1) is 11.3. The number of hydrogen-bond acceptors (Lipinski definition) is 1. The van der Waals surface area contributed by atoms with Crippen LogP contribution >= 0.6 is 11.6 Å². The van der Waals surface area contributed by atoms with Gasteiger partial charge in [0.05, 0.1) is 7.11 Å². The number of rotatable bonds is 3. The molecule has 1 aliphatic carbocycles. The molecule has 0 radical (unpaired) electrons. The molecule has 0 aromatic heterocycles. The quantitative estimate of drug-likeness (QED) is 0.552. The smallest absolute Gasteiger partial charge is 0.126 e. The monoisotopic (exact) mass is 360 g/mol. The van der Waals surface area contributed by atoms with Gasteiger partial charge >= 0.3 is 0 Å². The van der Waals surface area contributed by atoms with Gasteiger partial charge in [-0.1, -0.05) is 64.3 Å². The predicted octanol–water partition coefficient (Wildman–Crippen LogP) is 7.23. The highest BCUT2D eigenvalue weighted by Crippen LogP contribution is 2.50. The highest BCUT2D eigenvalue weighted by molar-refractivity contribution is 6.30. The van der Waals surface area contributed by atoms with Crippen molar-refractivity contribution in [3.63, 3.8) is 0 Å². The van der Waals surface area contributed by atoms with Gasteiger partial charge in [0.15, 0.2) is 0 Å². The van der Waals surface area contributed by atoms with Gasteiger partial charge in [0.2, 0.25) is 0 Å². The lowest BCUT2D eigenvalue weighted by Crippen LogP contribution is -2.25. The lowest BCUT2D eigenvalue weighted by atomic mass is 9.72. The van der Waals surface area contributed by atoms with Crippen molar-refractivity contribution in [1.29, 1.82) is 0 Å². The lowest BCUT2D eigenvalue weighted by molar-refractivity contribution is 0.384. The highest BCUT2D eigenvalue weighted by Gasteiger charge is 2.38. The fourth-order valence-corrected chi connectivity index (χ4v) is 4.51. The zero-order chi connectivity index (χ0) is 19.3. The summed E-state index contributed by atoms with van der Waals surface area (Å²) in [5.74, 6) is 1.47. The zero-order valence-electron chi connectivity index (χ0n) is 17.5. The first-order valence-electron chi connectivity index (χ1n) is 9.11. The summed E-state index contributed by atoms with van der Waals surface area (Å²) in [6.07, 6.45) is 0. The third-order valence-electron chi connectivity index (χ3n) is 6.02. The molecule has 0 saturated carbocycles. The van der Waals surface area contributed by atoms with Crippen LogP contribution in [0.3, 0.4) is 0 Å². The van der Waals surface area contributed by atoms with Crippen LogP contribution in [0.2, 0.25) is 5.02 Å². The number of halogens is 1. The third-order valence-corrected chi connectivity index (χ3v) is 6.24. The molecule has 1 aliphatic rings. The summed E-state index contributed by atoms with van der Waals surface area (Å²) in [6.45, 7) is 20.3. The van der Waals surface area contributed by atoms with Crippen LogP contribution in [0.4, 0.5) is 0 Å². The maximum absolute atomic E-state index is 6.54. The number of benzene rings is 1. The van der Waals surface area contributed by atoms with Crippen LogP contribution in [0.1, 0.15) is 73.4 Å². The third kappa shape index (κ3) is 3.28. The second kappa shape index (κ2) is 6.50. The van der Waals surface area contributed by atoms with Gasteiger partial charge in [-0.2, -0.15) is 0 Å². The molecular formula is C23H33ClO. The Labute approximate surface area is 159 Å². The normalized spacial score (nSPS) is 19.1. The number of hydrogen-bond donors (Lipinski definition) is 0. The second-order valence-electron chi connectivity index (χ2n) is 9.00. The summed E-state index contributed by atoms with van der Waals surface area (Å²) >= 11 is 6.54. The van der Waals surface area contributed by atoms with E-state index in [9.17, 15) is 0 Å². The largest absolute Gasteiger partial charge is 0.496 e. The Bertz CT molecular complexity index is 757. The van der Waals surface area contributed by atoms with Crippen LogP contribution in [0.25, 0.3) is 0 Å². The summed E-state index contributed by atoms with van der Waals surface area (Å²) in [5.41, 5.74) is 7.89. The molecule has 0 N–H and O–H groups in total. The summed E-state index contributed by atoms with van der Waals surface area (Å²) in [7, 11) is 1.77. The lowest BCUT2D eigenvalue weighted by Gasteiger charge is -2.34. The van der Waals surface area contributed by atoms with Gasteiger partial charge in [-0.05, 0) is 55.4 Å². The van der Waals surface area contributed by atoms with Crippen molar-refractivity contribution < 1.29 is 4.74 Å². The molecule has 1 atom stereocenters. The molecule has 25 heavy (non-hydrogen) atoms. The molecule has 0 saturated heterocycles. The second-order valence-corrected chi connectivity index (χ2v) is 9.43. The standard InChI is InChI=1S/C23H33ClO/c1-13-14(2)16(4)20(15(13)3)23(8,9)19-12-17(24)11-18(21(19)25-10)22(5,6)7/h11-13H,1-10H3. The first-order valence-corrected chi connectivity index (χ1v) is 9.49. The number of ether oxygens (including phenoxy) is 1. The van der Waals surface area contributed by atoms with Gasteiger partial charge in [-0.3, -0.25) is 0 Å². The average Bonchev–Trinajstić information content (AvgIpc) is 2.69. The minimum atomic E-state index is -0.170. The molecule has 1 aromatic rings. The fraction of sp³-hybridized carbons (Fsp3) is 0.565. The minimum absolute atomic E-state index is 0.0335. The topological polar surface area (TPSA) is 9.23 Å². The van der Waals surface area contributed by atoms with E-state index < -0.39 is 0 Å². The molecule has 1 aromatic carbocycles. The Morgan fingerprint density at radius 1 is 0.920 bits per heavy atom. The van der Waals surface area contributed by atoms with E-state index in [-0.39, 0.29) is 10.8 Å². The molecule has 138 valence electrons. The Kier molecular flexibility index (Phi) is 5.23. The van der Waals surface area contributed by atoms with E-state index in [2.05, 4.69) is 68.4 Å². The highest BCUT2D eigenvalue weighted by atomic mass is 35.5. The van der Waals surface area contributed by atoms with E-state index in [0.717, 1.165) is 16.3 Å². The maximum Gasteiger partial charge on any atom is 0.126 e. The molecule has 0 heterocycles. The number of methoxy groups -OCH3 is 1. The number of allylic oxidation sites excluding steroid dienone is 4. The van der Waals surface area contributed by atoms with Crippen LogP contribution < -0.4 is 4.74 Å². The summed E-state index contributed by atoms with van der Waals surface area (Å²) in [5, 5.41) is 0.774. The average molecular weight is 361 g/mol. The van der Waals surface area contributed by atoms with Crippen LogP contribution in [-0.2, 0) is 10.8 Å². The van der Waals surface area contributed by atoms with E-state index in [0.29, 0.717) is 5.92 Å². The summed E-state index contributed by atoms with van der Waals surface area (Å²) < 4.78 is 5.93. The molecule has 1 nitrogen and oxygen atoms in total. The van der Waals surface area contributed by atoms with E-state index in [4.69, 9.17) is 16.3 Å². The van der Waals surface area contributed by atoms with Crippen LogP contribution in [0.5, 0.6) is 5.75 Å². The zero-order valence-corrected chi connectivity index (χ0v) is 18.3. The molecular weight excluding hydrogens is 328 g/mol. The van der Waals surface area contributed by atoms with Crippen molar-refractivity contribution in [3.8, 4) is 5.75 Å². The summed E-state index contributed by atoms with van der Waals surface area (Å²) in [6, 6.07) is 4.13. The molecule has 0 amide bonds. The van der Waals surface area contributed by atoms with Crippen molar-refractivity contribution in [2.45, 2.75) is 73.1 Å². The van der Waals surface area contributed by atoms with Crippen LogP contribution in [0, 0.1) is 5.92 Å². The van der Waals surface area contributed by atoms with Crippen molar-refractivity contribution in [2.24, 2.45) is 5.92 Å². The van der Waals surface area contributed by atoms with Gasteiger partial charge in [-0.15, -0.1) is 0 Å². The van der Waals surface area contributed by atoms with Gasteiger partial charge in [0, 0.05) is 21.6 Å². The fourth-order valence-electron chi connectivity index (χ4n) is 4.29. The Morgan fingerprint density at radius 3 is 1.84 bits per heavy atom. The van der Waals surface area contributed by atoms with E-state index >= 15 is 0 Å². The van der Waals surface area contributed by atoms with Crippen molar-refractivity contribution >= 4 is 11.6 Å². The SMILES string of the molecule is COc1c(C(C)(C)C)cc(Cl)cc1C(C)(C)C1=C(C)C(C)C(C)=C1C. The van der Waals surface area contributed by atoms with Gasteiger partial charge in [0.25, 0.3) is 0 Å². The van der Waals surface area contributed by atoms with Crippen molar-refractivity contribution in [3.05, 3.63) is 50.6 Å². The van der Waals surface area contributed by atoms with Crippen LogP contribution in [0.15, 0.2) is 34.4 Å². The molecule has 2 heteroatoms. The van der Waals surface area contributed by atoms with E-state index in [1.165, 1.54) is 27.9 Å². The van der Waals surface area contributed by atoms with Crippen LogP contribution in [-0.4, -0.2) is 7.11 Å². The van der Waals surface area contributed by atoms with Crippen molar-refractivity contribution in [2.75, 3.05) is 7.11 Å². The van der Waals surface area contributed by atoms with Gasteiger partial charge in [-0.25, -0.2) is 0 Å². The predicted molar refractivity (Wildman–Crippen MR) is 110 cm³/mol. The Balaban J connectivity index is 2.80. The Morgan fingerprint density at radius 2 is 1.44 bits per heavy atom. The summed E-state index contributed by atoms with van der Waals surface area (Å²) in [4.78, 5) is 0. The molecule has 0 bridgehead atoms. The Hall–Kier alpha value is -1.21. The molecule has 1 unspecified atom stereocenters. The van der Waals surface area contributed by atoms with Gasteiger partial charge < -0.3 is 4.74 Å². The molecule has 0 fully saturated rings. The molecule has 0 spiro atoms. The van der Waals surface area contributed by atoms with E-state index in [1.54, 1.807) is 7.11 Å². The minimum Gasteiger partial charge on any atom is -0.496 e.